The highest BCUT2D eigenvalue weighted by Crippen LogP contribution is 2.46. The smallest absolute Gasteiger partial charge is 0.104 e. The minimum absolute atomic E-state index is 0.0713. The summed E-state index contributed by atoms with van der Waals surface area (Å²) in [6, 6.07) is 0. The van der Waals surface area contributed by atoms with Gasteiger partial charge < -0.3 is 14.6 Å². The van der Waals surface area contributed by atoms with E-state index in [2.05, 4.69) is 13.8 Å². The maximum atomic E-state index is 9.65. The minimum Gasteiger partial charge on any atom is -0.394 e. The molecule has 2 rings (SSSR count). The van der Waals surface area contributed by atoms with Crippen molar-refractivity contribution < 1.29 is 14.6 Å². The molecule has 0 aromatic heterocycles. The van der Waals surface area contributed by atoms with Gasteiger partial charge in [0.2, 0.25) is 0 Å². The van der Waals surface area contributed by atoms with Crippen molar-refractivity contribution in [1.29, 1.82) is 0 Å². The Hall–Kier alpha value is -0.120. The number of hydrogen-bond acceptors (Lipinski definition) is 3. The van der Waals surface area contributed by atoms with E-state index < -0.39 is 0 Å². The molecule has 262 valence electrons. The molecule has 0 heterocycles. The van der Waals surface area contributed by atoms with Gasteiger partial charge in [-0.2, -0.15) is 0 Å². The molecule has 5 unspecified atom stereocenters. The monoisotopic (exact) mass is 621 g/mol. The van der Waals surface area contributed by atoms with E-state index in [1.54, 1.807) is 0 Å². The van der Waals surface area contributed by atoms with Crippen LogP contribution in [0.2, 0.25) is 0 Å². The van der Waals surface area contributed by atoms with Crippen LogP contribution in [0.4, 0.5) is 0 Å². The number of ether oxygens (including phenoxy) is 2. The van der Waals surface area contributed by atoms with E-state index in [9.17, 15) is 5.11 Å². The zero-order valence-corrected chi connectivity index (χ0v) is 30.2. The number of hydrogen-bond donors (Lipinski definition) is 1. The van der Waals surface area contributed by atoms with Crippen molar-refractivity contribution in [2.45, 2.75) is 213 Å². The second-order valence-electron chi connectivity index (χ2n) is 15.2. The predicted molar refractivity (Wildman–Crippen MR) is 191 cm³/mol. The Morgan fingerprint density at radius 3 is 1.18 bits per heavy atom. The second kappa shape index (κ2) is 29.1. The van der Waals surface area contributed by atoms with Crippen LogP contribution < -0.4 is 0 Å². The van der Waals surface area contributed by atoms with Crippen LogP contribution in [0.15, 0.2) is 0 Å². The Morgan fingerprint density at radius 1 is 0.455 bits per heavy atom. The van der Waals surface area contributed by atoms with E-state index >= 15 is 0 Å². The molecule has 44 heavy (non-hydrogen) atoms. The molecular formula is C41H80O3. The zero-order chi connectivity index (χ0) is 31.3. The van der Waals surface area contributed by atoms with Crippen molar-refractivity contribution in [3.63, 3.8) is 0 Å². The van der Waals surface area contributed by atoms with E-state index in [0.29, 0.717) is 6.61 Å². The van der Waals surface area contributed by atoms with Gasteiger partial charge in [0, 0.05) is 13.2 Å². The fourth-order valence-electron chi connectivity index (χ4n) is 7.56. The summed E-state index contributed by atoms with van der Waals surface area (Å²) in [7, 11) is 0. The van der Waals surface area contributed by atoms with Crippen LogP contribution in [0.1, 0.15) is 206 Å². The van der Waals surface area contributed by atoms with Gasteiger partial charge in [0.05, 0.1) is 13.2 Å². The molecule has 0 aliphatic heterocycles. The van der Waals surface area contributed by atoms with E-state index in [1.165, 1.54) is 180 Å². The topological polar surface area (TPSA) is 38.7 Å². The lowest BCUT2D eigenvalue weighted by atomic mass is 10.0. The number of aliphatic hydroxyl groups excluding tert-OH is 1. The molecule has 0 aromatic rings. The average Bonchev–Trinajstić information content (AvgIpc) is 3.96. The summed E-state index contributed by atoms with van der Waals surface area (Å²) >= 11 is 0. The van der Waals surface area contributed by atoms with Crippen LogP contribution >= 0.6 is 0 Å². The summed E-state index contributed by atoms with van der Waals surface area (Å²) < 4.78 is 11.7. The van der Waals surface area contributed by atoms with Gasteiger partial charge in [0.25, 0.3) is 0 Å². The van der Waals surface area contributed by atoms with Crippen molar-refractivity contribution in [2.24, 2.45) is 23.7 Å². The summed E-state index contributed by atoms with van der Waals surface area (Å²) in [4.78, 5) is 0. The van der Waals surface area contributed by atoms with Crippen LogP contribution in [0.3, 0.4) is 0 Å². The molecule has 0 bridgehead atoms. The van der Waals surface area contributed by atoms with Crippen molar-refractivity contribution >= 4 is 0 Å². The first-order chi connectivity index (χ1) is 21.8. The summed E-state index contributed by atoms with van der Waals surface area (Å²) in [5.74, 6) is 4.33. The lowest BCUT2D eigenvalue weighted by Crippen LogP contribution is -2.24. The maximum Gasteiger partial charge on any atom is 0.104 e. The van der Waals surface area contributed by atoms with Crippen molar-refractivity contribution in [2.75, 3.05) is 26.4 Å². The molecule has 2 saturated carbocycles. The van der Waals surface area contributed by atoms with Crippen LogP contribution in [0.25, 0.3) is 0 Å². The normalized spacial score (nSPS) is 21.6. The third-order valence-corrected chi connectivity index (χ3v) is 10.9. The molecule has 0 radical (unpaired) electrons. The maximum absolute atomic E-state index is 9.65. The van der Waals surface area contributed by atoms with Crippen LogP contribution in [-0.4, -0.2) is 37.6 Å². The average molecular weight is 621 g/mol. The minimum atomic E-state index is -0.148. The number of unbranched alkanes of at least 4 members (excludes halogenated alkanes) is 20. The number of aliphatic hydroxyl groups is 1. The van der Waals surface area contributed by atoms with E-state index in [4.69, 9.17) is 9.47 Å². The zero-order valence-electron chi connectivity index (χ0n) is 30.2. The van der Waals surface area contributed by atoms with Crippen molar-refractivity contribution in [3.8, 4) is 0 Å². The Morgan fingerprint density at radius 2 is 0.795 bits per heavy atom. The first kappa shape index (κ1) is 40.1. The highest BCUT2D eigenvalue weighted by molar-refractivity contribution is 4.86. The summed E-state index contributed by atoms with van der Waals surface area (Å²) in [5.41, 5.74) is 0. The molecule has 3 nitrogen and oxygen atoms in total. The van der Waals surface area contributed by atoms with Crippen LogP contribution in [0, 0.1) is 23.7 Å². The lowest BCUT2D eigenvalue weighted by Gasteiger charge is -2.15. The Labute approximate surface area is 276 Å². The third-order valence-electron chi connectivity index (χ3n) is 10.9. The molecule has 0 saturated heterocycles. The van der Waals surface area contributed by atoms with Gasteiger partial charge in [0.1, 0.15) is 6.10 Å². The first-order valence-electron chi connectivity index (χ1n) is 20.6. The molecule has 0 spiro atoms. The second-order valence-corrected chi connectivity index (χ2v) is 15.2. The third kappa shape index (κ3) is 23.2. The Kier molecular flexibility index (Phi) is 26.4. The Balaban J connectivity index is 1.23. The Bertz CT molecular complexity index is 594. The van der Waals surface area contributed by atoms with E-state index in [1.807, 2.05) is 0 Å². The van der Waals surface area contributed by atoms with Gasteiger partial charge in [-0.3, -0.25) is 0 Å². The van der Waals surface area contributed by atoms with Crippen LogP contribution in [0.5, 0.6) is 0 Å². The highest BCUT2D eigenvalue weighted by Gasteiger charge is 2.35. The summed E-state index contributed by atoms with van der Waals surface area (Å²) in [6.45, 7) is 6.79. The van der Waals surface area contributed by atoms with Gasteiger partial charge in [0.15, 0.2) is 0 Å². The molecule has 1 N–H and O–H groups in total. The molecule has 0 aromatic carbocycles. The molecular weight excluding hydrogens is 540 g/mol. The highest BCUT2D eigenvalue weighted by atomic mass is 16.5. The molecule has 2 aliphatic carbocycles. The lowest BCUT2D eigenvalue weighted by molar-refractivity contribution is -0.0437. The fourth-order valence-corrected chi connectivity index (χ4v) is 7.56. The molecule has 2 aliphatic rings. The summed E-state index contributed by atoms with van der Waals surface area (Å²) in [6.07, 6.45) is 42.2. The van der Waals surface area contributed by atoms with Crippen LogP contribution in [-0.2, 0) is 9.47 Å². The molecule has 3 heteroatoms. The van der Waals surface area contributed by atoms with Crippen molar-refractivity contribution in [1.82, 2.24) is 0 Å². The number of rotatable bonds is 36. The fraction of sp³-hybridized carbons (Fsp3) is 1.00. The SMILES string of the molecule is CCCCCCCCC1CC1CCCCCCCCOCC(CO)OCCCCCCCCC1CC1CCCCCCCC. The van der Waals surface area contributed by atoms with Gasteiger partial charge >= 0.3 is 0 Å². The molecule has 2 fully saturated rings. The van der Waals surface area contributed by atoms with E-state index in [0.717, 1.165) is 49.7 Å². The van der Waals surface area contributed by atoms with Gasteiger partial charge in [-0.15, -0.1) is 0 Å². The van der Waals surface area contributed by atoms with Gasteiger partial charge in [-0.1, -0.05) is 181 Å². The predicted octanol–water partition coefficient (Wildman–Crippen LogP) is 12.6. The molecule has 5 atom stereocenters. The summed E-state index contributed by atoms with van der Waals surface area (Å²) in [5, 5.41) is 9.65. The largest absolute Gasteiger partial charge is 0.394 e. The first-order valence-corrected chi connectivity index (χ1v) is 20.6. The van der Waals surface area contributed by atoms with Crippen molar-refractivity contribution in [3.05, 3.63) is 0 Å². The standard InChI is InChI=1S/C41H80O3/c1-3-5-7-9-15-21-27-37-33-39(37)29-23-17-11-13-19-25-31-43-36-41(35-42)44-32-26-20-14-12-18-24-30-40-34-38(40)28-22-16-10-8-6-4-2/h37-42H,3-36H2,1-2H3. The van der Waals surface area contributed by atoms with Gasteiger partial charge in [-0.25, -0.2) is 0 Å². The van der Waals surface area contributed by atoms with Gasteiger partial charge in [-0.05, 0) is 49.4 Å². The quantitative estimate of drug-likeness (QED) is 0.0708. The molecule has 0 amide bonds. The van der Waals surface area contributed by atoms with E-state index in [-0.39, 0.29) is 12.7 Å².